The van der Waals surface area contributed by atoms with Gasteiger partial charge in [0.05, 0.1) is 5.69 Å². The fourth-order valence-corrected chi connectivity index (χ4v) is 2.10. The topological polar surface area (TPSA) is 61.0 Å². The first-order valence-corrected chi connectivity index (χ1v) is 5.77. The second kappa shape index (κ2) is 5.00. The minimum absolute atomic E-state index is 0.161. The molecule has 5 heteroatoms. The van der Waals surface area contributed by atoms with Crippen LogP contribution in [0, 0.1) is 24.0 Å². The maximum atomic E-state index is 10.8. The highest BCUT2D eigenvalue weighted by Crippen LogP contribution is 2.20. The van der Waals surface area contributed by atoms with Crippen LogP contribution in [0.2, 0.25) is 0 Å². The zero-order chi connectivity index (χ0) is 13.1. The molecule has 0 aliphatic rings. The van der Waals surface area contributed by atoms with Crippen LogP contribution < -0.4 is 0 Å². The van der Waals surface area contributed by atoms with E-state index in [2.05, 4.69) is 5.10 Å². The standard InChI is InChI=1S/C13H15N3O2/c1-10-8-11(2)16(14-10)13(9-15(17)18)12-6-4-3-5-7-12/h3-8,13H,9H2,1-2H3/t13-/m1/s1. The van der Waals surface area contributed by atoms with Crippen LogP contribution in [0.3, 0.4) is 0 Å². The quantitative estimate of drug-likeness (QED) is 0.613. The normalized spacial score (nSPS) is 12.3. The molecule has 1 atom stereocenters. The summed E-state index contributed by atoms with van der Waals surface area (Å²) in [5.41, 5.74) is 2.71. The lowest BCUT2D eigenvalue weighted by atomic mass is 10.1. The molecule has 0 radical (unpaired) electrons. The van der Waals surface area contributed by atoms with Crippen molar-refractivity contribution in [2.45, 2.75) is 19.9 Å². The summed E-state index contributed by atoms with van der Waals surface area (Å²) < 4.78 is 1.73. The Labute approximate surface area is 105 Å². The number of rotatable bonds is 4. The van der Waals surface area contributed by atoms with Gasteiger partial charge in [-0.15, -0.1) is 0 Å². The van der Waals surface area contributed by atoms with E-state index in [0.717, 1.165) is 17.0 Å². The molecule has 0 bridgehead atoms. The minimum atomic E-state index is -0.352. The van der Waals surface area contributed by atoms with Gasteiger partial charge in [0.1, 0.15) is 6.04 Å². The van der Waals surface area contributed by atoms with Crippen LogP contribution in [0.4, 0.5) is 0 Å². The summed E-state index contributed by atoms with van der Waals surface area (Å²) in [6.07, 6.45) is 0. The fraction of sp³-hybridized carbons (Fsp3) is 0.308. The van der Waals surface area contributed by atoms with E-state index in [1.54, 1.807) is 4.68 Å². The predicted molar refractivity (Wildman–Crippen MR) is 68.1 cm³/mol. The molecule has 0 N–H and O–H groups in total. The highest BCUT2D eigenvalue weighted by atomic mass is 16.6. The van der Waals surface area contributed by atoms with Crippen molar-refractivity contribution in [3.63, 3.8) is 0 Å². The molecule has 2 aromatic rings. The molecule has 1 aromatic carbocycles. The first-order chi connectivity index (χ1) is 8.58. The Morgan fingerprint density at radius 1 is 1.33 bits per heavy atom. The molecule has 0 amide bonds. The first kappa shape index (κ1) is 12.3. The van der Waals surface area contributed by atoms with Crippen LogP contribution in [0.25, 0.3) is 0 Å². The van der Waals surface area contributed by atoms with E-state index in [4.69, 9.17) is 0 Å². The summed E-state index contributed by atoms with van der Waals surface area (Å²) in [5, 5.41) is 15.2. The number of nitro groups is 1. The zero-order valence-electron chi connectivity index (χ0n) is 10.4. The van der Waals surface area contributed by atoms with Crippen molar-refractivity contribution in [1.29, 1.82) is 0 Å². The second-order valence-electron chi connectivity index (χ2n) is 4.31. The molecule has 0 fully saturated rings. The average Bonchev–Trinajstić information content (AvgIpc) is 2.66. The lowest BCUT2D eigenvalue weighted by molar-refractivity contribution is -0.484. The van der Waals surface area contributed by atoms with Gasteiger partial charge in [-0.2, -0.15) is 5.10 Å². The summed E-state index contributed by atoms with van der Waals surface area (Å²) in [7, 11) is 0. The Morgan fingerprint density at radius 2 is 2.00 bits per heavy atom. The summed E-state index contributed by atoms with van der Waals surface area (Å²) in [6, 6.07) is 11.0. The Morgan fingerprint density at radius 3 is 2.50 bits per heavy atom. The van der Waals surface area contributed by atoms with E-state index in [1.165, 1.54) is 0 Å². The molecule has 2 rings (SSSR count). The minimum Gasteiger partial charge on any atom is -0.264 e. The van der Waals surface area contributed by atoms with Crippen molar-refractivity contribution in [3.05, 3.63) is 63.5 Å². The van der Waals surface area contributed by atoms with Gasteiger partial charge in [0.15, 0.2) is 0 Å². The molecule has 0 aliphatic carbocycles. The van der Waals surface area contributed by atoms with Gasteiger partial charge in [0.25, 0.3) is 0 Å². The molecule has 1 aromatic heterocycles. The zero-order valence-corrected chi connectivity index (χ0v) is 10.4. The van der Waals surface area contributed by atoms with Crippen LogP contribution in [0.15, 0.2) is 36.4 Å². The first-order valence-electron chi connectivity index (χ1n) is 5.77. The fourth-order valence-electron chi connectivity index (χ4n) is 2.10. The number of aromatic nitrogens is 2. The largest absolute Gasteiger partial charge is 0.264 e. The molecule has 1 heterocycles. The van der Waals surface area contributed by atoms with Crippen LogP contribution in [-0.2, 0) is 0 Å². The summed E-state index contributed by atoms with van der Waals surface area (Å²) in [4.78, 5) is 10.5. The third-order valence-corrected chi connectivity index (χ3v) is 2.85. The predicted octanol–water partition coefficient (Wildman–Crippen LogP) is 2.37. The van der Waals surface area contributed by atoms with Gasteiger partial charge in [-0.25, -0.2) is 0 Å². The molecule has 0 saturated heterocycles. The van der Waals surface area contributed by atoms with Gasteiger partial charge in [-0.05, 0) is 25.5 Å². The monoisotopic (exact) mass is 245 g/mol. The van der Waals surface area contributed by atoms with E-state index >= 15 is 0 Å². The molecular weight excluding hydrogens is 230 g/mol. The lowest BCUT2D eigenvalue weighted by Gasteiger charge is -2.15. The van der Waals surface area contributed by atoms with Gasteiger partial charge in [-0.1, -0.05) is 30.3 Å². The van der Waals surface area contributed by atoms with Crippen LogP contribution in [-0.4, -0.2) is 21.2 Å². The molecule has 0 unspecified atom stereocenters. The Bertz CT molecular complexity index is 549. The van der Waals surface area contributed by atoms with Crippen LogP contribution in [0.5, 0.6) is 0 Å². The lowest BCUT2D eigenvalue weighted by Crippen LogP contribution is -2.22. The average molecular weight is 245 g/mol. The van der Waals surface area contributed by atoms with Gasteiger partial charge in [-0.3, -0.25) is 14.8 Å². The van der Waals surface area contributed by atoms with Crippen molar-refractivity contribution in [1.82, 2.24) is 9.78 Å². The van der Waals surface area contributed by atoms with Crippen molar-refractivity contribution < 1.29 is 4.92 Å². The van der Waals surface area contributed by atoms with E-state index in [9.17, 15) is 10.1 Å². The van der Waals surface area contributed by atoms with E-state index in [-0.39, 0.29) is 17.5 Å². The maximum absolute atomic E-state index is 10.8. The van der Waals surface area contributed by atoms with Gasteiger partial charge < -0.3 is 0 Å². The van der Waals surface area contributed by atoms with Gasteiger partial charge in [0.2, 0.25) is 6.54 Å². The molecular formula is C13H15N3O2. The van der Waals surface area contributed by atoms with Crippen LogP contribution in [0.1, 0.15) is 23.0 Å². The Balaban J connectivity index is 2.43. The SMILES string of the molecule is Cc1cc(C)n([C@H](C[N+](=O)[O-])c2ccccc2)n1. The van der Waals surface area contributed by atoms with Gasteiger partial charge in [0, 0.05) is 10.6 Å². The Kier molecular flexibility index (Phi) is 3.41. The third kappa shape index (κ3) is 2.56. The molecule has 94 valence electrons. The number of hydrogen-bond donors (Lipinski definition) is 0. The second-order valence-corrected chi connectivity index (χ2v) is 4.31. The number of benzene rings is 1. The van der Waals surface area contributed by atoms with E-state index in [1.807, 2.05) is 50.2 Å². The molecule has 0 aliphatic heterocycles. The van der Waals surface area contributed by atoms with Gasteiger partial charge >= 0.3 is 0 Å². The molecule has 18 heavy (non-hydrogen) atoms. The summed E-state index contributed by atoms with van der Waals surface area (Å²) in [6.45, 7) is 3.64. The van der Waals surface area contributed by atoms with Crippen molar-refractivity contribution >= 4 is 0 Å². The third-order valence-electron chi connectivity index (χ3n) is 2.85. The summed E-state index contributed by atoms with van der Waals surface area (Å²) >= 11 is 0. The number of nitrogens with zero attached hydrogens (tertiary/aromatic N) is 3. The highest BCUT2D eigenvalue weighted by molar-refractivity contribution is 5.21. The van der Waals surface area contributed by atoms with Crippen molar-refractivity contribution in [3.8, 4) is 0 Å². The van der Waals surface area contributed by atoms with E-state index in [0.29, 0.717) is 0 Å². The van der Waals surface area contributed by atoms with Crippen molar-refractivity contribution in [2.24, 2.45) is 0 Å². The highest BCUT2D eigenvalue weighted by Gasteiger charge is 2.22. The summed E-state index contributed by atoms with van der Waals surface area (Å²) in [5.74, 6) is 0. The molecule has 5 nitrogen and oxygen atoms in total. The number of hydrogen-bond acceptors (Lipinski definition) is 3. The van der Waals surface area contributed by atoms with Crippen molar-refractivity contribution in [2.75, 3.05) is 6.54 Å². The Hall–Kier alpha value is -2.17. The smallest absolute Gasteiger partial charge is 0.230 e. The molecule has 0 saturated carbocycles. The van der Waals surface area contributed by atoms with E-state index < -0.39 is 0 Å². The molecule has 0 spiro atoms. The maximum Gasteiger partial charge on any atom is 0.230 e. The number of aryl methyl sites for hydroxylation is 2. The van der Waals surface area contributed by atoms with Crippen LogP contribution >= 0.6 is 0 Å².